The molecule has 17 heavy (non-hydrogen) atoms. The molecule has 98 valence electrons. The molecular formula is C13H23NO3. The minimum Gasteiger partial charge on any atom is -0.447 e. The van der Waals surface area contributed by atoms with Gasteiger partial charge in [0.15, 0.2) is 0 Å². The molecule has 0 bridgehead atoms. The molecule has 1 aliphatic rings. The van der Waals surface area contributed by atoms with E-state index < -0.39 is 0 Å². The molecule has 0 N–H and O–H groups in total. The van der Waals surface area contributed by atoms with Crippen LogP contribution in [0, 0.1) is 0 Å². The first-order valence-corrected chi connectivity index (χ1v) is 6.50. The molecule has 0 spiro atoms. The monoisotopic (exact) mass is 241 g/mol. The van der Waals surface area contributed by atoms with Gasteiger partial charge in [0.25, 0.3) is 0 Å². The summed E-state index contributed by atoms with van der Waals surface area (Å²) in [5, 5.41) is 0. The van der Waals surface area contributed by atoms with E-state index in [0.29, 0.717) is 12.8 Å². The van der Waals surface area contributed by atoms with Crippen LogP contribution in [0.5, 0.6) is 0 Å². The van der Waals surface area contributed by atoms with Gasteiger partial charge in [-0.25, -0.2) is 4.79 Å². The summed E-state index contributed by atoms with van der Waals surface area (Å²) in [7, 11) is 0. The second kappa shape index (κ2) is 6.03. The van der Waals surface area contributed by atoms with Crippen molar-refractivity contribution in [2.75, 3.05) is 0 Å². The first-order valence-electron chi connectivity index (χ1n) is 6.50. The van der Waals surface area contributed by atoms with Gasteiger partial charge in [0.2, 0.25) is 0 Å². The number of Topliss-reactive ketones (excluding diaryl/α,β-unsaturated/α-hetero) is 1. The van der Waals surface area contributed by atoms with Crippen LogP contribution in [0.25, 0.3) is 0 Å². The predicted octanol–water partition coefficient (Wildman–Crippen LogP) is 2.75. The van der Waals surface area contributed by atoms with E-state index >= 15 is 0 Å². The molecule has 1 saturated heterocycles. The topological polar surface area (TPSA) is 46.6 Å². The number of piperidine rings is 1. The summed E-state index contributed by atoms with van der Waals surface area (Å²) in [6.45, 7) is 7.70. The quantitative estimate of drug-likeness (QED) is 0.763. The molecular weight excluding hydrogens is 218 g/mol. The number of ketones is 1. The van der Waals surface area contributed by atoms with Crippen molar-refractivity contribution in [1.29, 1.82) is 0 Å². The van der Waals surface area contributed by atoms with Crippen molar-refractivity contribution in [3.63, 3.8) is 0 Å². The van der Waals surface area contributed by atoms with Crippen LogP contribution in [-0.2, 0) is 9.53 Å². The van der Waals surface area contributed by atoms with Crippen LogP contribution in [0.2, 0.25) is 0 Å². The predicted molar refractivity (Wildman–Crippen MR) is 65.9 cm³/mol. The van der Waals surface area contributed by atoms with Gasteiger partial charge in [-0.3, -0.25) is 4.79 Å². The molecule has 1 amide bonds. The van der Waals surface area contributed by atoms with Gasteiger partial charge in [-0.05, 0) is 26.7 Å². The van der Waals surface area contributed by atoms with Crippen LogP contribution >= 0.6 is 0 Å². The maximum absolute atomic E-state index is 12.0. The maximum atomic E-state index is 12.0. The number of hydrogen-bond donors (Lipinski definition) is 0. The molecule has 1 rings (SSSR count). The van der Waals surface area contributed by atoms with Crippen molar-refractivity contribution < 1.29 is 14.3 Å². The molecule has 4 nitrogen and oxygen atoms in total. The van der Waals surface area contributed by atoms with E-state index in [9.17, 15) is 9.59 Å². The van der Waals surface area contributed by atoms with Gasteiger partial charge in [0.05, 0.1) is 6.10 Å². The minimum atomic E-state index is -0.272. The minimum absolute atomic E-state index is 0.00690. The third-order valence-electron chi connectivity index (χ3n) is 3.20. The molecule has 1 aliphatic heterocycles. The van der Waals surface area contributed by atoms with Gasteiger partial charge in [-0.2, -0.15) is 0 Å². The Morgan fingerprint density at radius 1 is 1.29 bits per heavy atom. The number of amides is 1. The summed E-state index contributed by atoms with van der Waals surface area (Å²) in [6, 6.07) is 0.0138. The number of hydrogen-bond acceptors (Lipinski definition) is 3. The standard InChI is InChI=1S/C13H23NO3/c1-5-10-7-12(15)8-11(6-2)14(10)13(16)17-9(3)4/h9-11H,5-8H2,1-4H3/t10-,11+. The Morgan fingerprint density at radius 3 is 2.12 bits per heavy atom. The Hall–Kier alpha value is -1.06. The Morgan fingerprint density at radius 2 is 1.76 bits per heavy atom. The van der Waals surface area contributed by atoms with Crippen molar-refractivity contribution in [3.8, 4) is 0 Å². The summed E-state index contributed by atoms with van der Waals surface area (Å²) in [5.41, 5.74) is 0. The van der Waals surface area contributed by atoms with E-state index in [1.165, 1.54) is 0 Å². The Labute approximate surface area is 103 Å². The van der Waals surface area contributed by atoms with Crippen molar-refractivity contribution in [2.45, 2.75) is 71.6 Å². The zero-order chi connectivity index (χ0) is 13.0. The third-order valence-corrected chi connectivity index (χ3v) is 3.20. The fraction of sp³-hybridized carbons (Fsp3) is 0.846. The summed E-state index contributed by atoms with van der Waals surface area (Å²) >= 11 is 0. The maximum Gasteiger partial charge on any atom is 0.410 e. The van der Waals surface area contributed by atoms with Gasteiger partial charge in [0.1, 0.15) is 5.78 Å². The van der Waals surface area contributed by atoms with Gasteiger partial charge in [-0.1, -0.05) is 13.8 Å². The van der Waals surface area contributed by atoms with Gasteiger partial charge < -0.3 is 9.64 Å². The van der Waals surface area contributed by atoms with Gasteiger partial charge in [-0.15, -0.1) is 0 Å². The van der Waals surface area contributed by atoms with Gasteiger partial charge >= 0.3 is 6.09 Å². The molecule has 0 radical (unpaired) electrons. The van der Waals surface area contributed by atoms with Crippen LogP contribution in [-0.4, -0.2) is 35.0 Å². The smallest absolute Gasteiger partial charge is 0.410 e. The Bertz CT molecular complexity index is 272. The first kappa shape index (κ1) is 14.0. The van der Waals surface area contributed by atoms with E-state index in [2.05, 4.69) is 0 Å². The Balaban J connectivity index is 2.81. The van der Waals surface area contributed by atoms with Crippen LogP contribution in [0.4, 0.5) is 4.79 Å². The van der Waals surface area contributed by atoms with Crippen LogP contribution in [0.3, 0.4) is 0 Å². The van der Waals surface area contributed by atoms with Gasteiger partial charge in [0, 0.05) is 24.9 Å². The number of nitrogens with zero attached hydrogens (tertiary/aromatic N) is 1. The number of carbonyl (C=O) groups is 2. The van der Waals surface area contributed by atoms with E-state index in [1.807, 2.05) is 27.7 Å². The highest BCUT2D eigenvalue weighted by Crippen LogP contribution is 2.25. The summed E-state index contributed by atoms with van der Waals surface area (Å²) in [4.78, 5) is 25.4. The molecule has 0 aromatic carbocycles. The number of rotatable bonds is 3. The highest BCUT2D eigenvalue weighted by molar-refractivity contribution is 5.83. The highest BCUT2D eigenvalue weighted by atomic mass is 16.6. The number of likely N-dealkylation sites (tertiary alicyclic amines) is 1. The molecule has 0 unspecified atom stereocenters. The summed E-state index contributed by atoms with van der Waals surface area (Å²) in [5.74, 6) is 0.261. The van der Waals surface area contributed by atoms with Crippen LogP contribution < -0.4 is 0 Å². The average Bonchev–Trinajstić information content (AvgIpc) is 2.26. The Kier molecular flexibility index (Phi) is 4.97. The molecule has 1 fully saturated rings. The summed E-state index contributed by atoms with van der Waals surface area (Å²) in [6.07, 6.45) is 2.16. The third kappa shape index (κ3) is 3.45. The lowest BCUT2D eigenvalue weighted by atomic mass is 9.92. The lowest BCUT2D eigenvalue weighted by Crippen LogP contribution is -2.52. The van der Waals surface area contributed by atoms with E-state index in [4.69, 9.17) is 4.74 Å². The fourth-order valence-electron chi connectivity index (χ4n) is 2.35. The molecule has 4 heteroatoms. The lowest BCUT2D eigenvalue weighted by Gasteiger charge is -2.40. The van der Waals surface area contributed by atoms with Crippen molar-refractivity contribution in [3.05, 3.63) is 0 Å². The molecule has 1 heterocycles. The zero-order valence-corrected chi connectivity index (χ0v) is 11.2. The second-order valence-corrected chi connectivity index (χ2v) is 4.91. The molecule has 0 aliphatic carbocycles. The van der Waals surface area contributed by atoms with E-state index in [1.54, 1.807) is 4.90 Å². The van der Waals surface area contributed by atoms with Crippen LogP contribution in [0.15, 0.2) is 0 Å². The molecule has 2 atom stereocenters. The normalized spacial score (nSPS) is 25.2. The second-order valence-electron chi connectivity index (χ2n) is 4.91. The zero-order valence-electron chi connectivity index (χ0n) is 11.2. The highest BCUT2D eigenvalue weighted by Gasteiger charge is 2.37. The molecule has 0 aromatic heterocycles. The van der Waals surface area contributed by atoms with Crippen molar-refractivity contribution in [1.82, 2.24) is 4.90 Å². The number of carbonyl (C=O) groups excluding carboxylic acids is 2. The SMILES string of the molecule is CC[C@@H]1CC(=O)C[C@H](CC)N1C(=O)OC(C)C. The van der Waals surface area contributed by atoms with Crippen LogP contribution in [0.1, 0.15) is 53.4 Å². The molecule has 0 aromatic rings. The fourth-order valence-corrected chi connectivity index (χ4v) is 2.35. The van der Waals surface area contributed by atoms with E-state index in [0.717, 1.165) is 12.8 Å². The lowest BCUT2D eigenvalue weighted by molar-refractivity contribution is -0.124. The number of ether oxygens (including phenoxy) is 1. The average molecular weight is 241 g/mol. The summed E-state index contributed by atoms with van der Waals surface area (Å²) < 4.78 is 5.26. The van der Waals surface area contributed by atoms with E-state index in [-0.39, 0.29) is 30.1 Å². The largest absolute Gasteiger partial charge is 0.447 e. The molecule has 0 saturated carbocycles. The van der Waals surface area contributed by atoms with Crippen molar-refractivity contribution in [2.24, 2.45) is 0 Å². The van der Waals surface area contributed by atoms with Crippen molar-refractivity contribution >= 4 is 11.9 Å². The first-order chi connectivity index (χ1) is 7.99.